The molecule has 0 saturated carbocycles. The van der Waals surface area contributed by atoms with Crippen molar-refractivity contribution in [1.82, 2.24) is 15.6 Å². The second-order valence-electron chi connectivity index (χ2n) is 5.68. The third kappa shape index (κ3) is 7.53. The molecule has 0 aliphatic heterocycles. The van der Waals surface area contributed by atoms with Crippen molar-refractivity contribution in [1.29, 1.82) is 0 Å². The average molecular weight is 356 g/mol. The van der Waals surface area contributed by atoms with E-state index in [1.54, 1.807) is 7.11 Å². The Hall–Kier alpha value is -2.60. The number of nitrogens with zero attached hydrogens (tertiary/aromatic N) is 2. The van der Waals surface area contributed by atoms with Gasteiger partial charge in [0.15, 0.2) is 5.96 Å². The van der Waals surface area contributed by atoms with Crippen LogP contribution in [0.2, 0.25) is 0 Å². The number of pyridine rings is 1. The molecule has 0 radical (unpaired) electrons. The zero-order chi connectivity index (χ0) is 18.5. The van der Waals surface area contributed by atoms with Gasteiger partial charge >= 0.3 is 0 Å². The SMILES string of the molecule is CCNC(=NCc1ccc(OCCOC)cc1)NCCc1ccccn1. The summed E-state index contributed by atoms with van der Waals surface area (Å²) in [5.41, 5.74) is 2.20. The van der Waals surface area contributed by atoms with Crippen LogP contribution in [0.5, 0.6) is 5.75 Å². The largest absolute Gasteiger partial charge is 0.491 e. The lowest BCUT2D eigenvalue weighted by molar-refractivity contribution is 0.146. The molecule has 1 aromatic heterocycles. The van der Waals surface area contributed by atoms with E-state index in [2.05, 4.69) is 27.5 Å². The minimum Gasteiger partial charge on any atom is -0.491 e. The van der Waals surface area contributed by atoms with Crippen molar-refractivity contribution in [2.24, 2.45) is 4.99 Å². The van der Waals surface area contributed by atoms with Gasteiger partial charge in [0.25, 0.3) is 0 Å². The predicted octanol–water partition coefficient (Wildman–Crippen LogP) is 2.40. The molecule has 0 fully saturated rings. The van der Waals surface area contributed by atoms with Gasteiger partial charge in [0.1, 0.15) is 12.4 Å². The summed E-state index contributed by atoms with van der Waals surface area (Å²) in [5, 5.41) is 6.61. The smallest absolute Gasteiger partial charge is 0.191 e. The standard InChI is InChI=1S/C20H28N4O2/c1-3-21-20(23-13-11-18-6-4-5-12-22-18)24-16-17-7-9-19(10-8-17)26-15-14-25-2/h4-10,12H,3,11,13-16H2,1-2H3,(H2,21,23,24). The van der Waals surface area contributed by atoms with E-state index in [9.17, 15) is 0 Å². The molecule has 0 atom stereocenters. The monoisotopic (exact) mass is 356 g/mol. The number of rotatable bonds is 10. The molecule has 1 heterocycles. The van der Waals surface area contributed by atoms with Gasteiger partial charge < -0.3 is 20.1 Å². The Bertz CT molecular complexity index is 645. The lowest BCUT2D eigenvalue weighted by Gasteiger charge is -2.11. The van der Waals surface area contributed by atoms with Gasteiger partial charge in [0.05, 0.1) is 13.2 Å². The van der Waals surface area contributed by atoms with E-state index in [0.29, 0.717) is 19.8 Å². The molecule has 2 N–H and O–H groups in total. The van der Waals surface area contributed by atoms with Gasteiger partial charge in [-0.05, 0) is 36.8 Å². The van der Waals surface area contributed by atoms with E-state index in [4.69, 9.17) is 9.47 Å². The Morgan fingerprint density at radius 1 is 1.08 bits per heavy atom. The molecule has 6 nitrogen and oxygen atoms in total. The number of methoxy groups -OCH3 is 1. The van der Waals surface area contributed by atoms with Gasteiger partial charge in [-0.25, -0.2) is 4.99 Å². The van der Waals surface area contributed by atoms with Crippen LogP contribution < -0.4 is 15.4 Å². The summed E-state index contributed by atoms with van der Waals surface area (Å²) >= 11 is 0. The zero-order valence-corrected chi connectivity index (χ0v) is 15.6. The summed E-state index contributed by atoms with van der Waals surface area (Å²) in [7, 11) is 1.66. The third-order valence-corrected chi connectivity index (χ3v) is 3.64. The first-order valence-electron chi connectivity index (χ1n) is 8.94. The van der Waals surface area contributed by atoms with Crippen molar-refractivity contribution >= 4 is 5.96 Å². The molecule has 140 valence electrons. The molecule has 26 heavy (non-hydrogen) atoms. The highest BCUT2D eigenvalue weighted by Crippen LogP contribution is 2.12. The number of nitrogens with one attached hydrogen (secondary N) is 2. The van der Waals surface area contributed by atoms with Gasteiger partial charge in [-0.2, -0.15) is 0 Å². The zero-order valence-electron chi connectivity index (χ0n) is 15.6. The van der Waals surface area contributed by atoms with Gasteiger partial charge in [0.2, 0.25) is 0 Å². The highest BCUT2D eigenvalue weighted by atomic mass is 16.5. The summed E-state index contributed by atoms with van der Waals surface area (Å²) in [5.74, 6) is 1.65. The molecule has 1 aromatic carbocycles. The lowest BCUT2D eigenvalue weighted by Crippen LogP contribution is -2.38. The van der Waals surface area contributed by atoms with Crippen molar-refractivity contribution in [2.75, 3.05) is 33.4 Å². The van der Waals surface area contributed by atoms with Gasteiger partial charge in [-0.15, -0.1) is 0 Å². The number of hydrogen-bond acceptors (Lipinski definition) is 4. The van der Waals surface area contributed by atoms with Crippen LogP contribution in [0.3, 0.4) is 0 Å². The molecular formula is C20H28N4O2. The molecule has 0 amide bonds. The molecule has 0 unspecified atom stereocenters. The summed E-state index contributed by atoms with van der Waals surface area (Å²) < 4.78 is 10.5. The number of ether oxygens (including phenoxy) is 2. The second kappa shape index (κ2) is 11.9. The van der Waals surface area contributed by atoms with E-state index in [-0.39, 0.29) is 0 Å². The maximum absolute atomic E-state index is 5.57. The Kier molecular flexibility index (Phi) is 9.00. The third-order valence-electron chi connectivity index (χ3n) is 3.64. The van der Waals surface area contributed by atoms with Crippen LogP contribution in [0.4, 0.5) is 0 Å². The Labute approximate surface area is 155 Å². The number of hydrogen-bond donors (Lipinski definition) is 2. The van der Waals surface area contributed by atoms with Gasteiger partial charge in [0, 0.05) is 38.5 Å². The Morgan fingerprint density at radius 3 is 2.62 bits per heavy atom. The highest BCUT2D eigenvalue weighted by Gasteiger charge is 2.00. The minimum absolute atomic E-state index is 0.554. The number of aromatic nitrogens is 1. The molecule has 0 aliphatic rings. The fourth-order valence-electron chi connectivity index (χ4n) is 2.30. The van der Waals surface area contributed by atoms with Crippen molar-refractivity contribution < 1.29 is 9.47 Å². The summed E-state index contributed by atoms with van der Waals surface area (Å²) in [6.45, 7) is 5.41. The van der Waals surface area contributed by atoms with E-state index in [1.165, 1.54) is 0 Å². The average Bonchev–Trinajstić information content (AvgIpc) is 2.68. The molecule has 6 heteroatoms. The first-order valence-corrected chi connectivity index (χ1v) is 8.94. The number of benzene rings is 1. The topological polar surface area (TPSA) is 67.8 Å². The number of aliphatic imine (C=N–C) groups is 1. The molecular weight excluding hydrogens is 328 g/mol. The van der Waals surface area contributed by atoms with Gasteiger partial charge in [-0.3, -0.25) is 4.98 Å². The summed E-state index contributed by atoms with van der Waals surface area (Å²) in [4.78, 5) is 8.96. The fraction of sp³-hybridized carbons (Fsp3) is 0.400. The van der Waals surface area contributed by atoms with Crippen molar-refractivity contribution in [2.45, 2.75) is 19.9 Å². The molecule has 2 aromatic rings. The van der Waals surface area contributed by atoms with Crippen molar-refractivity contribution in [3.05, 3.63) is 59.9 Å². The maximum atomic E-state index is 5.57. The number of guanidine groups is 1. The van der Waals surface area contributed by atoms with E-state index < -0.39 is 0 Å². The second-order valence-corrected chi connectivity index (χ2v) is 5.68. The van der Waals surface area contributed by atoms with Crippen LogP contribution >= 0.6 is 0 Å². The molecule has 2 rings (SSSR count). The normalized spacial score (nSPS) is 11.2. The van der Waals surface area contributed by atoms with Crippen molar-refractivity contribution in [3.63, 3.8) is 0 Å². The van der Waals surface area contributed by atoms with Crippen molar-refractivity contribution in [3.8, 4) is 5.75 Å². The molecule has 0 aliphatic carbocycles. The minimum atomic E-state index is 0.554. The lowest BCUT2D eigenvalue weighted by atomic mass is 10.2. The van der Waals surface area contributed by atoms with E-state index in [1.807, 2.05) is 48.7 Å². The first kappa shape index (κ1) is 19.7. The fourth-order valence-corrected chi connectivity index (χ4v) is 2.30. The summed E-state index contributed by atoms with van der Waals surface area (Å²) in [6.07, 6.45) is 2.68. The van der Waals surface area contributed by atoms with Crippen LogP contribution in [0, 0.1) is 0 Å². The summed E-state index contributed by atoms with van der Waals surface area (Å²) in [6, 6.07) is 13.9. The first-order chi connectivity index (χ1) is 12.8. The van der Waals surface area contributed by atoms with Crippen LogP contribution in [-0.4, -0.2) is 44.4 Å². The Balaban J connectivity index is 1.81. The molecule has 0 saturated heterocycles. The molecule has 0 bridgehead atoms. The highest BCUT2D eigenvalue weighted by molar-refractivity contribution is 5.79. The quantitative estimate of drug-likeness (QED) is 0.389. The van der Waals surface area contributed by atoms with Crippen LogP contribution in [-0.2, 0) is 17.7 Å². The van der Waals surface area contributed by atoms with Crippen LogP contribution in [0.25, 0.3) is 0 Å². The Morgan fingerprint density at radius 2 is 1.92 bits per heavy atom. The predicted molar refractivity (Wildman–Crippen MR) is 105 cm³/mol. The van der Waals surface area contributed by atoms with Crippen LogP contribution in [0.1, 0.15) is 18.2 Å². The molecule has 0 spiro atoms. The van der Waals surface area contributed by atoms with Gasteiger partial charge in [-0.1, -0.05) is 18.2 Å². The van der Waals surface area contributed by atoms with Crippen LogP contribution in [0.15, 0.2) is 53.7 Å². The maximum Gasteiger partial charge on any atom is 0.191 e. The van der Waals surface area contributed by atoms with E-state index in [0.717, 1.165) is 42.5 Å². The van der Waals surface area contributed by atoms with E-state index >= 15 is 0 Å².